The number of pyridine rings is 2. The summed E-state index contributed by atoms with van der Waals surface area (Å²) in [5.41, 5.74) is 5.79. The number of hydrogen-bond donors (Lipinski definition) is 0. The molecule has 1 amide bonds. The number of carbonyl (C=O) groups excluding carboxylic acids is 1. The van der Waals surface area contributed by atoms with Crippen LogP contribution in [0.2, 0.25) is 5.02 Å². The van der Waals surface area contributed by atoms with Crippen molar-refractivity contribution in [2.75, 3.05) is 31.1 Å². The molecule has 0 spiro atoms. The smallest absolute Gasteiger partial charge is 0.272 e. The number of halogens is 1. The lowest BCUT2D eigenvalue weighted by Crippen LogP contribution is -2.49. The highest BCUT2D eigenvalue weighted by molar-refractivity contribution is 6.33. The number of piperazine rings is 1. The molecule has 1 fully saturated rings. The van der Waals surface area contributed by atoms with Gasteiger partial charge in [-0.1, -0.05) is 41.9 Å². The lowest BCUT2D eigenvalue weighted by Gasteiger charge is -2.35. The maximum Gasteiger partial charge on any atom is 0.272 e. The second-order valence-electron chi connectivity index (χ2n) is 8.54. The Balaban J connectivity index is 1.44. The summed E-state index contributed by atoms with van der Waals surface area (Å²) in [6.45, 7) is 6.44. The van der Waals surface area contributed by atoms with E-state index >= 15 is 0 Å². The van der Waals surface area contributed by atoms with Crippen molar-refractivity contribution in [3.05, 3.63) is 89.1 Å². The maximum atomic E-state index is 13.0. The molecular formula is C27H25ClN6O. The fourth-order valence-electron chi connectivity index (χ4n) is 4.32. The molecule has 1 saturated heterocycles. The summed E-state index contributed by atoms with van der Waals surface area (Å²) < 4.78 is 0. The largest absolute Gasteiger partial charge is 0.352 e. The third kappa shape index (κ3) is 4.59. The average Bonchev–Trinajstić information content (AvgIpc) is 2.89. The van der Waals surface area contributed by atoms with Crippen molar-refractivity contribution in [3.8, 4) is 22.5 Å². The van der Waals surface area contributed by atoms with Gasteiger partial charge in [0, 0.05) is 55.9 Å². The lowest BCUT2D eigenvalue weighted by molar-refractivity contribution is 0.0740. The molecule has 8 heteroatoms. The number of benzene rings is 1. The Morgan fingerprint density at radius 3 is 2.34 bits per heavy atom. The Hall–Kier alpha value is -3.84. The van der Waals surface area contributed by atoms with Gasteiger partial charge in [0.15, 0.2) is 0 Å². The number of rotatable bonds is 4. The molecule has 0 saturated carbocycles. The van der Waals surface area contributed by atoms with Gasteiger partial charge in [0.1, 0.15) is 17.2 Å². The molecule has 0 unspecified atom stereocenters. The zero-order valence-electron chi connectivity index (χ0n) is 19.6. The average molecular weight is 485 g/mol. The van der Waals surface area contributed by atoms with E-state index < -0.39 is 0 Å². The first-order valence-electron chi connectivity index (χ1n) is 11.5. The molecule has 0 N–H and O–H groups in total. The standard InChI is InChI=1S/C27H25ClN6O/c1-18-6-3-4-8-20(18)25-26(21-9-11-29-16-22(21)28)32-23(17-31-25)33-12-14-34(15-13-33)27(35)24-19(2)7-5-10-30-24/h3-11,16-17H,12-15H2,1-2H3. The lowest BCUT2D eigenvalue weighted by atomic mass is 10.0. The summed E-state index contributed by atoms with van der Waals surface area (Å²) in [7, 11) is 0. The predicted molar refractivity (Wildman–Crippen MR) is 138 cm³/mol. The highest BCUT2D eigenvalue weighted by Gasteiger charge is 2.26. The van der Waals surface area contributed by atoms with Crippen LogP contribution in [0.5, 0.6) is 0 Å². The van der Waals surface area contributed by atoms with E-state index in [0.717, 1.165) is 33.8 Å². The van der Waals surface area contributed by atoms with E-state index in [1.807, 2.05) is 48.2 Å². The first-order chi connectivity index (χ1) is 17.0. The Morgan fingerprint density at radius 1 is 0.829 bits per heavy atom. The summed E-state index contributed by atoms with van der Waals surface area (Å²) in [5, 5.41) is 0.523. The zero-order valence-corrected chi connectivity index (χ0v) is 20.4. The van der Waals surface area contributed by atoms with Crippen molar-refractivity contribution in [1.29, 1.82) is 0 Å². The van der Waals surface area contributed by atoms with Crippen molar-refractivity contribution >= 4 is 23.3 Å². The molecule has 0 atom stereocenters. The topological polar surface area (TPSA) is 75.1 Å². The van der Waals surface area contributed by atoms with Crippen LogP contribution in [-0.4, -0.2) is 56.9 Å². The van der Waals surface area contributed by atoms with E-state index in [-0.39, 0.29) is 5.91 Å². The van der Waals surface area contributed by atoms with Crippen molar-refractivity contribution in [2.24, 2.45) is 0 Å². The number of aromatic nitrogens is 4. The van der Waals surface area contributed by atoms with Gasteiger partial charge in [0.2, 0.25) is 0 Å². The first kappa shape index (κ1) is 22.9. The SMILES string of the molecule is Cc1ccccc1-c1ncc(N2CCN(C(=O)c3ncccc3C)CC2)nc1-c1ccncc1Cl. The molecule has 4 heterocycles. The molecule has 35 heavy (non-hydrogen) atoms. The molecule has 0 aliphatic carbocycles. The monoisotopic (exact) mass is 484 g/mol. The molecule has 0 radical (unpaired) electrons. The van der Waals surface area contributed by atoms with Crippen LogP contribution in [0.25, 0.3) is 22.5 Å². The van der Waals surface area contributed by atoms with Crippen LogP contribution in [0.4, 0.5) is 5.82 Å². The normalized spacial score (nSPS) is 13.7. The second-order valence-corrected chi connectivity index (χ2v) is 8.95. The van der Waals surface area contributed by atoms with Gasteiger partial charge in [-0.15, -0.1) is 0 Å². The van der Waals surface area contributed by atoms with Gasteiger partial charge in [-0.25, -0.2) is 4.98 Å². The number of amides is 1. The number of aryl methyl sites for hydroxylation is 2. The summed E-state index contributed by atoms with van der Waals surface area (Å²) in [5.74, 6) is 0.722. The molecule has 176 valence electrons. The van der Waals surface area contributed by atoms with Crippen LogP contribution >= 0.6 is 11.6 Å². The number of anilines is 1. The van der Waals surface area contributed by atoms with E-state index in [9.17, 15) is 4.79 Å². The van der Waals surface area contributed by atoms with E-state index in [4.69, 9.17) is 21.6 Å². The van der Waals surface area contributed by atoms with Crippen LogP contribution < -0.4 is 4.90 Å². The molecule has 5 rings (SSSR count). The van der Waals surface area contributed by atoms with Crippen LogP contribution in [0.1, 0.15) is 21.6 Å². The van der Waals surface area contributed by atoms with E-state index in [1.54, 1.807) is 24.8 Å². The molecule has 3 aromatic heterocycles. The zero-order chi connectivity index (χ0) is 24.4. The molecule has 1 aliphatic heterocycles. The highest BCUT2D eigenvalue weighted by Crippen LogP contribution is 2.35. The molecule has 1 aliphatic rings. The third-order valence-electron chi connectivity index (χ3n) is 6.29. The van der Waals surface area contributed by atoms with Crippen LogP contribution in [0.15, 0.2) is 67.3 Å². The Labute approximate surface area is 209 Å². The summed E-state index contributed by atoms with van der Waals surface area (Å²) >= 11 is 6.53. The van der Waals surface area contributed by atoms with Crippen LogP contribution in [0, 0.1) is 13.8 Å². The molecule has 7 nitrogen and oxygen atoms in total. The van der Waals surface area contributed by atoms with Gasteiger partial charge >= 0.3 is 0 Å². The number of hydrogen-bond acceptors (Lipinski definition) is 6. The Kier molecular flexibility index (Phi) is 6.42. The van der Waals surface area contributed by atoms with Crippen molar-refractivity contribution in [2.45, 2.75) is 13.8 Å². The number of nitrogens with zero attached hydrogens (tertiary/aromatic N) is 6. The summed E-state index contributed by atoms with van der Waals surface area (Å²) in [6, 6.07) is 13.7. The summed E-state index contributed by atoms with van der Waals surface area (Å²) in [4.78, 5) is 35.2. The van der Waals surface area contributed by atoms with Gasteiger partial charge < -0.3 is 9.80 Å². The highest BCUT2D eigenvalue weighted by atomic mass is 35.5. The van der Waals surface area contributed by atoms with Gasteiger partial charge in [-0.2, -0.15) is 0 Å². The summed E-state index contributed by atoms with van der Waals surface area (Å²) in [6.07, 6.45) is 6.80. The van der Waals surface area contributed by atoms with E-state index in [1.165, 1.54) is 0 Å². The van der Waals surface area contributed by atoms with Crippen molar-refractivity contribution < 1.29 is 4.79 Å². The van der Waals surface area contributed by atoms with Crippen molar-refractivity contribution in [1.82, 2.24) is 24.8 Å². The quantitative estimate of drug-likeness (QED) is 0.413. The predicted octanol–water partition coefficient (Wildman–Crippen LogP) is 4.83. The molecule has 1 aromatic carbocycles. The van der Waals surface area contributed by atoms with Gasteiger partial charge in [-0.3, -0.25) is 19.7 Å². The van der Waals surface area contributed by atoms with Gasteiger partial charge in [0.25, 0.3) is 5.91 Å². The van der Waals surface area contributed by atoms with Crippen molar-refractivity contribution in [3.63, 3.8) is 0 Å². The van der Waals surface area contributed by atoms with Gasteiger partial charge in [0.05, 0.1) is 16.9 Å². The third-order valence-corrected chi connectivity index (χ3v) is 6.59. The minimum atomic E-state index is -0.0343. The minimum Gasteiger partial charge on any atom is -0.352 e. The van der Waals surface area contributed by atoms with Crippen LogP contribution in [-0.2, 0) is 0 Å². The van der Waals surface area contributed by atoms with Crippen LogP contribution in [0.3, 0.4) is 0 Å². The Bertz CT molecular complexity index is 1380. The molecule has 0 bridgehead atoms. The fourth-order valence-corrected chi connectivity index (χ4v) is 4.53. The fraction of sp³-hybridized carbons (Fsp3) is 0.222. The van der Waals surface area contributed by atoms with E-state index in [2.05, 4.69) is 27.9 Å². The minimum absolute atomic E-state index is 0.0343. The second kappa shape index (κ2) is 9.80. The molecule has 4 aromatic rings. The van der Waals surface area contributed by atoms with Gasteiger partial charge in [-0.05, 0) is 37.1 Å². The Morgan fingerprint density at radius 2 is 1.60 bits per heavy atom. The number of carbonyl (C=O) groups is 1. The first-order valence-corrected chi connectivity index (χ1v) is 11.9. The maximum absolute atomic E-state index is 13.0. The van der Waals surface area contributed by atoms with E-state index in [0.29, 0.717) is 42.6 Å². The molecular weight excluding hydrogens is 460 g/mol.